The molecule has 0 bridgehead atoms. The summed E-state index contributed by atoms with van der Waals surface area (Å²) in [5, 5.41) is 11.7. The minimum atomic E-state index is -0.350. The number of amides is 2. The van der Waals surface area contributed by atoms with Gasteiger partial charge in [-0.25, -0.2) is 4.98 Å². The zero-order valence-electron chi connectivity index (χ0n) is 15.6. The van der Waals surface area contributed by atoms with Crippen LogP contribution < -0.4 is 10.6 Å². The molecule has 146 valence electrons. The Kier molecular flexibility index (Phi) is 5.21. The van der Waals surface area contributed by atoms with Crippen LogP contribution in [0.1, 0.15) is 25.7 Å². The number of aromatic nitrogens is 4. The Hall–Kier alpha value is -3.72. The topological polar surface area (TPSA) is 93.8 Å². The molecule has 1 aromatic carbocycles. The molecule has 0 saturated heterocycles. The Balaban J connectivity index is 1.44. The van der Waals surface area contributed by atoms with Gasteiger partial charge in [-0.2, -0.15) is 5.10 Å². The van der Waals surface area contributed by atoms with Crippen molar-refractivity contribution in [3.05, 3.63) is 82.7 Å². The Morgan fingerprint density at radius 3 is 2.76 bits per heavy atom. The molecule has 4 rings (SSSR count). The summed E-state index contributed by atoms with van der Waals surface area (Å²) in [6.07, 6.45) is 5.35. The summed E-state index contributed by atoms with van der Waals surface area (Å²) in [5.41, 5.74) is 1.92. The average Bonchev–Trinajstić information content (AvgIpc) is 3.45. The third-order valence-electron chi connectivity index (χ3n) is 4.21. The Morgan fingerprint density at radius 2 is 2.00 bits per heavy atom. The molecule has 0 aliphatic carbocycles. The summed E-state index contributed by atoms with van der Waals surface area (Å²) >= 11 is 1.35. The summed E-state index contributed by atoms with van der Waals surface area (Å²) in [5.74, 6) is -0.137. The monoisotopic (exact) mass is 406 g/mol. The van der Waals surface area contributed by atoms with Gasteiger partial charge in [0, 0.05) is 37.7 Å². The standard InChI is InChI=1S/C20H18N6O2S/c1-25-18(23-20(28)17-6-3-9-29-17)11-16(24-25)19(27)22-15-5-2-4-14(10-15)12-26-8-7-21-13-26/h2-11,13H,12H2,1H3,(H,22,27)(H,23,28). The van der Waals surface area contributed by atoms with E-state index in [2.05, 4.69) is 20.7 Å². The van der Waals surface area contributed by atoms with Crippen LogP contribution in [0.3, 0.4) is 0 Å². The molecular weight excluding hydrogens is 388 g/mol. The largest absolute Gasteiger partial charge is 0.333 e. The van der Waals surface area contributed by atoms with E-state index in [1.165, 1.54) is 16.0 Å². The van der Waals surface area contributed by atoms with Gasteiger partial charge in [0.2, 0.25) is 0 Å². The Bertz CT molecular complexity index is 1130. The summed E-state index contributed by atoms with van der Waals surface area (Å²) in [7, 11) is 1.67. The summed E-state index contributed by atoms with van der Waals surface area (Å²) < 4.78 is 3.41. The van der Waals surface area contributed by atoms with Crippen molar-refractivity contribution in [2.75, 3.05) is 10.6 Å². The molecule has 0 fully saturated rings. The molecule has 4 aromatic rings. The normalized spacial score (nSPS) is 10.7. The van der Waals surface area contributed by atoms with Crippen LogP contribution >= 0.6 is 11.3 Å². The fourth-order valence-corrected chi connectivity index (χ4v) is 3.43. The number of hydrogen-bond donors (Lipinski definition) is 2. The number of anilines is 2. The van der Waals surface area contributed by atoms with Gasteiger partial charge in [0.25, 0.3) is 11.8 Å². The minimum absolute atomic E-state index is 0.217. The van der Waals surface area contributed by atoms with Gasteiger partial charge in [0.15, 0.2) is 5.69 Å². The fraction of sp³-hybridized carbons (Fsp3) is 0.100. The van der Waals surface area contributed by atoms with Gasteiger partial charge in [-0.05, 0) is 29.1 Å². The molecule has 0 atom stereocenters. The molecule has 0 spiro atoms. The van der Waals surface area contributed by atoms with Crippen LogP contribution in [0.4, 0.5) is 11.5 Å². The van der Waals surface area contributed by atoms with E-state index in [-0.39, 0.29) is 17.5 Å². The first-order valence-electron chi connectivity index (χ1n) is 8.83. The van der Waals surface area contributed by atoms with E-state index in [1.54, 1.807) is 31.7 Å². The van der Waals surface area contributed by atoms with Crippen molar-refractivity contribution in [2.45, 2.75) is 6.54 Å². The summed E-state index contributed by atoms with van der Waals surface area (Å²) in [4.78, 5) is 29.4. The van der Waals surface area contributed by atoms with Gasteiger partial charge in [0.1, 0.15) is 5.82 Å². The van der Waals surface area contributed by atoms with Gasteiger partial charge in [-0.3, -0.25) is 14.3 Å². The highest BCUT2D eigenvalue weighted by Crippen LogP contribution is 2.17. The highest BCUT2D eigenvalue weighted by atomic mass is 32.1. The van der Waals surface area contributed by atoms with Gasteiger partial charge in [-0.1, -0.05) is 18.2 Å². The number of thiophene rings is 1. The van der Waals surface area contributed by atoms with E-state index in [9.17, 15) is 9.59 Å². The number of nitrogens with zero attached hydrogens (tertiary/aromatic N) is 4. The molecule has 8 nitrogen and oxygen atoms in total. The molecule has 29 heavy (non-hydrogen) atoms. The minimum Gasteiger partial charge on any atom is -0.333 e. The Labute approximate surface area is 170 Å². The quantitative estimate of drug-likeness (QED) is 0.514. The van der Waals surface area contributed by atoms with Crippen LogP contribution in [0.5, 0.6) is 0 Å². The smallest absolute Gasteiger partial charge is 0.276 e. The predicted octanol–water partition coefficient (Wildman–Crippen LogP) is 3.23. The number of rotatable bonds is 6. The number of carbonyl (C=O) groups excluding carboxylic acids is 2. The van der Waals surface area contributed by atoms with Gasteiger partial charge in [0.05, 0.1) is 11.2 Å². The van der Waals surface area contributed by atoms with E-state index in [0.29, 0.717) is 22.9 Å². The van der Waals surface area contributed by atoms with E-state index in [1.807, 2.05) is 46.5 Å². The van der Waals surface area contributed by atoms with Crippen LogP contribution in [0, 0.1) is 0 Å². The van der Waals surface area contributed by atoms with Crippen molar-refractivity contribution >= 4 is 34.7 Å². The second-order valence-electron chi connectivity index (χ2n) is 6.36. The van der Waals surface area contributed by atoms with Crippen molar-refractivity contribution in [1.82, 2.24) is 19.3 Å². The summed E-state index contributed by atoms with van der Waals surface area (Å²) in [6, 6.07) is 12.7. The van der Waals surface area contributed by atoms with Crippen molar-refractivity contribution < 1.29 is 9.59 Å². The number of hydrogen-bond acceptors (Lipinski definition) is 5. The van der Waals surface area contributed by atoms with Gasteiger partial charge < -0.3 is 15.2 Å². The maximum Gasteiger partial charge on any atom is 0.276 e. The number of aryl methyl sites for hydroxylation is 1. The number of carbonyl (C=O) groups is 2. The molecule has 2 N–H and O–H groups in total. The second-order valence-corrected chi connectivity index (χ2v) is 7.31. The zero-order valence-corrected chi connectivity index (χ0v) is 16.4. The lowest BCUT2D eigenvalue weighted by Crippen LogP contribution is -2.13. The van der Waals surface area contributed by atoms with Crippen molar-refractivity contribution in [1.29, 1.82) is 0 Å². The Morgan fingerprint density at radius 1 is 1.10 bits per heavy atom. The fourth-order valence-electron chi connectivity index (χ4n) is 2.81. The summed E-state index contributed by atoms with van der Waals surface area (Å²) in [6.45, 7) is 0.659. The number of nitrogens with one attached hydrogen (secondary N) is 2. The van der Waals surface area contributed by atoms with Gasteiger partial charge in [-0.15, -0.1) is 11.3 Å². The van der Waals surface area contributed by atoms with E-state index >= 15 is 0 Å². The number of imidazole rings is 1. The lowest BCUT2D eigenvalue weighted by Gasteiger charge is -2.07. The van der Waals surface area contributed by atoms with Crippen LogP contribution in [0.25, 0.3) is 0 Å². The van der Waals surface area contributed by atoms with Crippen molar-refractivity contribution in [3.8, 4) is 0 Å². The second kappa shape index (κ2) is 8.11. The maximum absolute atomic E-state index is 12.6. The van der Waals surface area contributed by atoms with Crippen molar-refractivity contribution in [2.24, 2.45) is 7.05 Å². The molecule has 0 aliphatic heterocycles. The molecule has 0 radical (unpaired) electrons. The molecule has 2 amide bonds. The zero-order chi connectivity index (χ0) is 20.2. The van der Waals surface area contributed by atoms with Crippen molar-refractivity contribution in [3.63, 3.8) is 0 Å². The first kappa shape index (κ1) is 18.6. The lowest BCUT2D eigenvalue weighted by molar-refractivity contribution is 0.101. The first-order chi connectivity index (χ1) is 14.1. The third kappa shape index (κ3) is 4.41. The molecule has 0 unspecified atom stereocenters. The van der Waals surface area contributed by atoms with E-state index in [4.69, 9.17) is 0 Å². The SMILES string of the molecule is Cn1nc(C(=O)Nc2cccc(Cn3ccnc3)c2)cc1NC(=O)c1cccs1. The molecule has 9 heteroatoms. The third-order valence-corrected chi connectivity index (χ3v) is 5.08. The molecular formula is C20H18N6O2S. The number of benzene rings is 1. The van der Waals surface area contributed by atoms with Crippen LogP contribution in [0.2, 0.25) is 0 Å². The van der Waals surface area contributed by atoms with Crippen LogP contribution in [-0.2, 0) is 13.6 Å². The lowest BCUT2D eigenvalue weighted by atomic mass is 10.2. The highest BCUT2D eigenvalue weighted by Gasteiger charge is 2.16. The van der Waals surface area contributed by atoms with E-state index in [0.717, 1.165) is 5.56 Å². The molecule has 3 heterocycles. The molecule has 0 aliphatic rings. The molecule has 3 aromatic heterocycles. The van der Waals surface area contributed by atoms with Crippen LogP contribution in [0.15, 0.2) is 66.6 Å². The van der Waals surface area contributed by atoms with Crippen LogP contribution in [-0.4, -0.2) is 31.1 Å². The average molecular weight is 406 g/mol. The molecule has 0 saturated carbocycles. The maximum atomic E-state index is 12.6. The highest BCUT2D eigenvalue weighted by molar-refractivity contribution is 7.12. The van der Waals surface area contributed by atoms with Gasteiger partial charge >= 0.3 is 0 Å². The van der Waals surface area contributed by atoms with E-state index < -0.39 is 0 Å². The predicted molar refractivity (Wildman–Crippen MR) is 111 cm³/mol. The first-order valence-corrected chi connectivity index (χ1v) is 9.71.